The normalized spacial score (nSPS) is 15.6. The number of unbranched alkanes of at least 4 members (excludes halogenated alkanes) is 1. The minimum atomic E-state index is -1.54. The summed E-state index contributed by atoms with van der Waals surface area (Å²) < 4.78 is 55.6. The van der Waals surface area contributed by atoms with Crippen LogP contribution in [0.5, 0.6) is 11.6 Å². The smallest absolute Gasteiger partial charge is 0.410 e. The highest BCUT2D eigenvalue weighted by atomic mass is 35.5. The second kappa shape index (κ2) is 12.9. The Labute approximate surface area is 213 Å². The molecule has 0 saturated carbocycles. The molecule has 1 saturated heterocycles. The first kappa shape index (κ1) is 27.8. The number of nitrogens with two attached hydrogens (primary N) is 1. The lowest BCUT2D eigenvalue weighted by molar-refractivity contribution is 0.157. The van der Waals surface area contributed by atoms with Gasteiger partial charge >= 0.3 is 12.1 Å². The minimum absolute atomic E-state index is 0.0487. The van der Waals surface area contributed by atoms with E-state index in [9.17, 15) is 27.9 Å². The SMILES string of the molecule is NC(=O)Oc1c(OCc2c(F)cc(Cl)c(F)c2F)nsc1NC(=O)NCCCCN1CCCC1CO. The Hall–Kier alpha value is -2.81. The van der Waals surface area contributed by atoms with Crippen molar-refractivity contribution in [1.82, 2.24) is 14.6 Å². The molecule has 3 rings (SSSR count). The van der Waals surface area contributed by atoms with E-state index in [0.717, 1.165) is 32.4 Å². The summed E-state index contributed by atoms with van der Waals surface area (Å²) in [4.78, 5) is 25.8. The summed E-state index contributed by atoms with van der Waals surface area (Å²) >= 11 is 6.07. The van der Waals surface area contributed by atoms with Crippen LogP contribution in [-0.4, -0.2) is 58.8 Å². The zero-order chi connectivity index (χ0) is 26.2. The Balaban J connectivity index is 1.55. The van der Waals surface area contributed by atoms with Crippen LogP contribution >= 0.6 is 23.1 Å². The number of nitrogens with one attached hydrogen (secondary N) is 2. The summed E-state index contributed by atoms with van der Waals surface area (Å²) in [6.07, 6.45) is 2.31. The van der Waals surface area contributed by atoms with Crippen LogP contribution in [-0.2, 0) is 6.61 Å². The fourth-order valence-corrected chi connectivity index (χ4v) is 4.53. The quantitative estimate of drug-likeness (QED) is 0.190. The number of carbonyl (C=O) groups excluding carboxylic acids is 2. The van der Waals surface area contributed by atoms with Crippen molar-refractivity contribution < 1.29 is 37.3 Å². The van der Waals surface area contributed by atoms with E-state index in [-0.39, 0.29) is 23.4 Å². The molecule has 3 amide bonds. The molecule has 1 aliphatic heterocycles. The molecule has 1 unspecified atom stereocenters. The first-order chi connectivity index (χ1) is 17.2. The lowest BCUT2D eigenvalue weighted by Gasteiger charge is -2.22. The highest BCUT2D eigenvalue weighted by Crippen LogP contribution is 2.39. The molecule has 1 atom stereocenters. The van der Waals surface area contributed by atoms with Gasteiger partial charge in [-0.25, -0.2) is 22.8 Å². The number of ether oxygens (including phenoxy) is 2. The number of carbonyl (C=O) groups is 2. The van der Waals surface area contributed by atoms with Crippen LogP contribution in [0.4, 0.5) is 27.8 Å². The van der Waals surface area contributed by atoms with Gasteiger partial charge in [0.2, 0.25) is 5.75 Å². The third kappa shape index (κ3) is 7.12. The largest absolute Gasteiger partial charge is 0.469 e. The standard InChI is InChI=1S/C21H25ClF3N5O5S/c22-13-8-14(23)12(15(24)16(13)25)10-34-18-17(35-20(26)32)19(36-29-18)28-21(33)27-5-1-2-6-30-7-3-4-11(30)9-31/h8,11,31H,1-7,9-10H2,(H2,26,32)(H2,27,28,33). The molecule has 1 aromatic carbocycles. The average Bonchev–Trinajstić information content (AvgIpc) is 3.43. The maximum absolute atomic E-state index is 14.0. The highest BCUT2D eigenvalue weighted by Gasteiger charge is 2.24. The van der Waals surface area contributed by atoms with E-state index in [2.05, 4.69) is 19.9 Å². The monoisotopic (exact) mass is 551 g/mol. The van der Waals surface area contributed by atoms with Crippen LogP contribution in [0.15, 0.2) is 6.07 Å². The molecule has 0 radical (unpaired) electrons. The Morgan fingerprint density at radius 1 is 1.31 bits per heavy atom. The number of aliphatic hydroxyl groups is 1. The number of amides is 3. The molecule has 0 bridgehead atoms. The number of halogens is 4. The Morgan fingerprint density at radius 3 is 2.81 bits per heavy atom. The topological polar surface area (TPSA) is 139 Å². The number of likely N-dealkylation sites (tertiary alicyclic amines) is 1. The molecule has 5 N–H and O–H groups in total. The van der Waals surface area contributed by atoms with Crippen molar-refractivity contribution in [3.8, 4) is 11.6 Å². The Morgan fingerprint density at radius 2 is 2.08 bits per heavy atom. The molecular formula is C21H25ClF3N5O5S. The summed E-state index contributed by atoms with van der Waals surface area (Å²) in [6, 6.07) is 0.165. The maximum atomic E-state index is 14.0. The van der Waals surface area contributed by atoms with Gasteiger partial charge in [0.05, 0.1) is 17.2 Å². The van der Waals surface area contributed by atoms with Gasteiger partial charge < -0.3 is 25.6 Å². The number of hydrogen-bond donors (Lipinski definition) is 4. The second-order valence-corrected chi connectivity index (χ2v) is 9.09. The van der Waals surface area contributed by atoms with Gasteiger partial charge in [0.25, 0.3) is 5.88 Å². The van der Waals surface area contributed by atoms with Crippen molar-refractivity contribution in [2.75, 3.05) is 31.6 Å². The number of aromatic nitrogens is 1. The van der Waals surface area contributed by atoms with E-state index < -0.39 is 52.6 Å². The molecule has 198 valence electrons. The van der Waals surface area contributed by atoms with Crippen molar-refractivity contribution in [2.24, 2.45) is 5.73 Å². The van der Waals surface area contributed by atoms with Gasteiger partial charge in [-0.05, 0) is 56.4 Å². The number of rotatable bonds is 11. The maximum Gasteiger partial charge on any atom is 0.410 e. The molecule has 15 heteroatoms. The fourth-order valence-electron chi connectivity index (χ4n) is 3.69. The predicted molar refractivity (Wildman–Crippen MR) is 126 cm³/mol. The Kier molecular flexibility index (Phi) is 9.98. The summed E-state index contributed by atoms with van der Waals surface area (Å²) in [5.74, 6) is -4.91. The third-order valence-corrected chi connectivity index (χ3v) is 6.48. The molecule has 1 aromatic heterocycles. The van der Waals surface area contributed by atoms with Crippen molar-refractivity contribution in [2.45, 2.75) is 38.3 Å². The number of aliphatic hydroxyl groups excluding tert-OH is 1. The zero-order valence-corrected chi connectivity index (χ0v) is 20.6. The highest BCUT2D eigenvalue weighted by molar-refractivity contribution is 7.11. The minimum Gasteiger partial charge on any atom is -0.469 e. The summed E-state index contributed by atoms with van der Waals surface area (Å²) in [5, 5.41) is 13.7. The van der Waals surface area contributed by atoms with Gasteiger partial charge in [-0.3, -0.25) is 10.2 Å². The van der Waals surface area contributed by atoms with Crippen LogP contribution < -0.4 is 25.8 Å². The van der Waals surface area contributed by atoms with Crippen molar-refractivity contribution in [3.05, 3.63) is 34.1 Å². The molecule has 2 aromatic rings. The molecule has 10 nitrogen and oxygen atoms in total. The first-order valence-electron chi connectivity index (χ1n) is 11.0. The van der Waals surface area contributed by atoms with Crippen molar-refractivity contribution >= 4 is 40.3 Å². The number of nitrogens with zero attached hydrogens (tertiary/aromatic N) is 2. The number of primary amides is 1. The van der Waals surface area contributed by atoms with Gasteiger partial charge in [0, 0.05) is 12.6 Å². The van der Waals surface area contributed by atoms with E-state index in [4.69, 9.17) is 26.8 Å². The number of hydrogen-bond acceptors (Lipinski definition) is 8. The summed E-state index contributed by atoms with van der Waals surface area (Å²) in [6.45, 7) is 1.45. The number of anilines is 1. The van der Waals surface area contributed by atoms with Gasteiger partial charge in [-0.2, -0.15) is 0 Å². The van der Waals surface area contributed by atoms with Crippen molar-refractivity contribution in [1.29, 1.82) is 0 Å². The third-order valence-electron chi connectivity index (χ3n) is 5.48. The Bertz CT molecular complexity index is 1090. The lowest BCUT2D eigenvalue weighted by atomic mass is 10.2. The summed E-state index contributed by atoms with van der Waals surface area (Å²) in [5.41, 5.74) is 4.29. The van der Waals surface area contributed by atoms with Crippen LogP contribution in [0.25, 0.3) is 0 Å². The van der Waals surface area contributed by atoms with Gasteiger partial charge in [-0.1, -0.05) is 11.6 Å². The fraction of sp³-hybridized carbons (Fsp3) is 0.476. The second-order valence-electron chi connectivity index (χ2n) is 7.91. The number of benzene rings is 1. The van der Waals surface area contributed by atoms with Crippen molar-refractivity contribution in [3.63, 3.8) is 0 Å². The van der Waals surface area contributed by atoms with Crippen LogP contribution in [0.1, 0.15) is 31.2 Å². The van der Waals surface area contributed by atoms with E-state index in [1.54, 1.807) is 0 Å². The molecule has 36 heavy (non-hydrogen) atoms. The zero-order valence-electron chi connectivity index (χ0n) is 19.0. The molecule has 1 fully saturated rings. The van der Waals surface area contributed by atoms with Crippen LogP contribution in [0.2, 0.25) is 5.02 Å². The lowest BCUT2D eigenvalue weighted by Crippen LogP contribution is -2.34. The van der Waals surface area contributed by atoms with Gasteiger partial charge in [0.1, 0.15) is 12.4 Å². The van der Waals surface area contributed by atoms with Gasteiger partial charge in [-0.15, -0.1) is 4.37 Å². The molecule has 0 aliphatic carbocycles. The van der Waals surface area contributed by atoms with Crippen LogP contribution in [0.3, 0.4) is 0 Å². The van der Waals surface area contributed by atoms with Crippen LogP contribution in [0, 0.1) is 17.5 Å². The number of urea groups is 1. The van der Waals surface area contributed by atoms with E-state index in [1.165, 1.54) is 0 Å². The van der Waals surface area contributed by atoms with E-state index in [1.807, 2.05) is 0 Å². The average molecular weight is 552 g/mol. The van der Waals surface area contributed by atoms with E-state index in [0.29, 0.717) is 30.6 Å². The molecule has 2 heterocycles. The van der Waals surface area contributed by atoms with E-state index >= 15 is 0 Å². The predicted octanol–water partition coefficient (Wildman–Crippen LogP) is 3.61. The summed E-state index contributed by atoms with van der Waals surface area (Å²) in [7, 11) is 0. The first-order valence-corrected chi connectivity index (χ1v) is 12.2. The van der Waals surface area contributed by atoms with Gasteiger partial charge in [0.15, 0.2) is 16.6 Å². The molecular weight excluding hydrogens is 527 g/mol. The molecule has 1 aliphatic rings. The molecule has 0 spiro atoms.